The third-order valence-corrected chi connectivity index (χ3v) is 10.3. The van der Waals surface area contributed by atoms with Gasteiger partial charge in [0.1, 0.15) is 73.1 Å². The van der Waals surface area contributed by atoms with Crippen LogP contribution in [0.15, 0.2) is 0 Å². The Bertz CT molecular complexity index is 1400. The van der Waals surface area contributed by atoms with Crippen LogP contribution in [0.1, 0.15) is 53.9 Å². The molecule has 20 atom stereocenters. The van der Waals surface area contributed by atoms with Gasteiger partial charge in [-0.1, -0.05) is 0 Å². The van der Waals surface area contributed by atoms with Gasteiger partial charge >= 0.3 is 5.97 Å². The maximum atomic E-state index is 12.7. The molecule has 5 saturated heterocycles. The number of carbonyl (C=O) groups is 4. The third-order valence-electron chi connectivity index (χ3n) is 10.3. The SMILES string of the molecule is CC(=O)NC1C(O)[C@H](O)C(C)O[C@H]1OC1C(O)[C@H](O)C(C(=O)O)O[C@H]1O[C@H]1C(O)C(C)O[C@@H](OC2C(NC(C)=O)[C@H](OCCCCCN)OC3O[C@@H]32)C1NC(C)=O. The maximum Gasteiger partial charge on any atom is 0.335 e. The van der Waals surface area contributed by atoms with E-state index in [1.165, 1.54) is 20.8 Å². The standard InChI is InChI=1S/C34H56N4O19/c1-11-19(42)21(44)16(36-13(3)39)31(50-11)55-27-23(46)22(45)26(29(47)48)54-33(27)52-24-17(37-14(4)40)32(51-12(2)20(24)43)53-25-18(38-15(5)41)30(57-34-28(25)56-34)49-10-8-6-7-9-35/h11-12,16-28,30-34,42-46H,6-10,35H2,1-5H3,(H,36,39)(H,37,40)(H,38,41)(H,47,48)/t11?,12?,16?,17?,18?,19-,20?,21?,22+,23?,24-,25?,26?,27?,28-,30-,31+,32+,33-,34?/m1/s1. The average molecular weight is 825 g/mol. The predicted molar refractivity (Wildman–Crippen MR) is 185 cm³/mol. The Morgan fingerprint density at radius 1 is 0.579 bits per heavy atom. The fourth-order valence-corrected chi connectivity index (χ4v) is 7.31. The predicted octanol–water partition coefficient (Wildman–Crippen LogP) is -5.01. The Balaban J connectivity index is 1.43. The van der Waals surface area contributed by atoms with Gasteiger partial charge in [0.05, 0.1) is 12.2 Å². The molecular formula is C34H56N4O19. The summed E-state index contributed by atoms with van der Waals surface area (Å²) >= 11 is 0. The van der Waals surface area contributed by atoms with Gasteiger partial charge in [-0.25, -0.2) is 4.79 Å². The van der Waals surface area contributed by atoms with E-state index in [0.717, 1.165) is 26.7 Å². The molecule has 5 heterocycles. The monoisotopic (exact) mass is 824 g/mol. The number of amides is 3. The first-order valence-corrected chi connectivity index (χ1v) is 18.9. The Hall–Kier alpha value is -2.72. The molecule has 0 radical (unpaired) electrons. The minimum Gasteiger partial charge on any atom is -0.479 e. The van der Waals surface area contributed by atoms with E-state index in [9.17, 15) is 49.8 Å². The summed E-state index contributed by atoms with van der Waals surface area (Å²) in [5, 5.41) is 72.5. The highest BCUT2D eigenvalue weighted by atomic mass is 16.8. The summed E-state index contributed by atoms with van der Waals surface area (Å²) < 4.78 is 53.6. The lowest BCUT2D eigenvalue weighted by molar-refractivity contribution is -0.370. The molecule has 0 aromatic heterocycles. The number of aliphatic carboxylic acids is 1. The van der Waals surface area contributed by atoms with E-state index in [4.69, 9.17) is 48.4 Å². The van der Waals surface area contributed by atoms with Crippen molar-refractivity contribution in [3.63, 3.8) is 0 Å². The second-order valence-electron chi connectivity index (χ2n) is 14.8. The molecule has 12 unspecified atom stereocenters. The van der Waals surface area contributed by atoms with Gasteiger partial charge in [-0.05, 0) is 39.7 Å². The number of carboxylic acid groups (broad SMARTS) is 1. The van der Waals surface area contributed by atoms with Crippen molar-refractivity contribution in [2.24, 2.45) is 5.73 Å². The van der Waals surface area contributed by atoms with Gasteiger partial charge in [-0.3, -0.25) is 14.4 Å². The molecule has 5 aliphatic rings. The van der Waals surface area contributed by atoms with Crippen molar-refractivity contribution in [3.05, 3.63) is 0 Å². The molecule has 5 fully saturated rings. The Kier molecular flexibility index (Phi) is 15.6. The van der Waals surface area contributed by atoms with E-state index in [2.05, 4.69) is 16.0 Å². The molecule has 0 aromatic rings. The van der Waals surface area contributed by atoms with Crippen LogP contribution in [0.25, 0.3) is 0 Å². The van der Waals surface area contributed by atoms with Gasteiger partial charge in [0, 0.05) is 27.4 Å². The molecule has 5 aliphatic heterocycles. The van der Waals surface area contributed by atoms with Crippen LogP contribution in [0.2, 0.25) is 0 Å². The number of carboxylic acids is 1. The van der Waals surface area contributed by atoms with E-state index in [1.807, 2.05) is 0 Å². The summed E-state index contributed by atoms with van der Waals surface area (Å²) in [6.07, 6.45) is -23.1. The van der Waals surface area contributed by atoms with Crippen LogP contribution in [0, 0.1) is 0 Å². The number of hydrogen-bond acceptors (Lipinski definition) is 19. The number of ether oxygens (including phenoxy) is 9. The number of aliphatic hydroxyl groups is 5. The van der Waals surface area contributed by atoms with Gasteiger partial charge in [-0.15, -0.1) is 0 Å². The highest BCUT2D eigenvalue weighted by molar-refractivity contribution is 5.74. The lowest BCUT2D eigenvalue weighted by Crippen LogP contribution is -2.70. The number of fused-ring (bicyclic) bond motifs is 1. The second-order valence-corrected chi connectivity index (χ2v) is 14.8. The van der Waals surface area contributed by atoms with E-state index in [1.54, 1.807) is 0 Å². The molecule has 5 rings (SSSR count). The molecule has 23 nitrogen and oxygen atoms in total. The number of nitrogens with two attached hydrogens (primary N) is 1. The fraction of sp³-hybridized carbons (Fsp3) is 0.882. The van der Waals surface area contributed by atoms with E-state index >= 15 is 0 Å². The van der Waals surface area contributed by atoms with Gasteiger partial charge < -0.3 is 95.0 Å². The number of nitrogens with one attached hydrogen (secondary N) is 3. The Morgan fingerprint density at radius 3 is 1.72 bits per heavy atom. The molecule has 326 valence electrons. The fourth-order valence-electron chi connectivity index (χ4n) is 7.31. The summed E-state index contributed by atoms with van der Waals surface area (Å²) in [6.45, 7) is 7.20. The third kappa shape index (κ3) is 10.7. The van der Waals surface area contributed by atoms with Crippen LogP contribution in [-0.4, -0.2) is 190 Å². The van der Waals surface area contributed by atoms with Crippen molar-refractivity contribution in [1.29, 1.82) is 0 Å². The van der Waals surface area contributed by atoms with Crippen molar-refractivity contribution in [2.75, 3.05) is 13.2 Å². The first-order chi connectivity index (χ1) is 26.9. The molecule has 0 aliphatic carbocycles. The summed E-state index contributed by atoms with van der Waals surface area (Å²) in [4.78, 5) is 49.3. The molecule has 3 amide bonds. The second kappa shape index (κ2) is 19.6. The van der Waals surface area contributed by atoms with E-state index in [-0.39, 0.29) is 6.61 Å². The van der Waals surface area contributed by atoms with Crippen molar-refractivity contribution in [2.45, 2.75) is 177 Å². The van der Waals surface area contributed by atoms with Crippen molar-refractivity contribution >= 4 is 23.7 Å². The van der Waals surface area contributed by atoms with E-state index < -0.39 is 147 Å². The molecule has 0 spiro atoms. The van der Waals surface area contributed by atoms with Crippen LogP contribution >= 0.6 is 0 Å². The number of epoxide rings is 1. The van der Waals surface area contributed by atoms with Crippen molar-refractivity contribution in [1.82, 2.24) is 16.0 Å². The lowest BCUT2D eigenvalue weighted by atomic mass is 9.94. The van der Waals surface area contributed by atoms with Crippen LogP contribution in [0.3, 0.4) is 0 Å². The van der Waals surface area contributed by atoms with Crippen LogP contribution in [0.4, 0.5) is 0 Å². The van der Waals surface area contributed by atoms with Crippen LogP contribution in [0.5, 0.6) is 0 Å². The largest absolute Gasteiger partial charge is 0.479 e. The smallest absolute Gasteiger partial charge is 0.335 e. The minimum atomic E-state index is -2.12. The molecular weight excluding hydrogens is 768 g/mol. The normalized spacial score (nSPS) is 44.3. The molecule has 57 heavy (non-hydrogen) atoms. The quantitative estimate of drug-likeness (QED) is 0.0514. The first-order valence-electron chi connectivity index (χ1n) is 18.9. The summed E-state index contributed by atoms with van der Waals surface area (Å²) in [5.41, 5.74) is 5.59. The molecule has 23 heteroatoms. The average Bonchev–Trinajstić information content (AvgIpc) is 3.91. The lowest BCUT2D eigenvalue weighted by Gasteiger charge is -2.49. The molecule has 0 bridgehead atoms. The topological polar surface area (TPSA) is 338 Å². The maximum absolute atomic E-state index is 12.7. The van der Waals surface area contributed by atoms with Crippen molar-refractivity contribution < 1.29 is 92.4 Å². The van der Waals surface area contributed by atoms with Gasteiger partial charge in [-0.2, -0.15) is 0 Å². The number of aliphatic hydroxyl groups excluding tert-OH is 5. The van der Waals surface area contributed by atoms with Crippen LogP contribution in [-0.2, 0) is 61.8 Å². The summed E-state index contributed by atoms with van der Waals surface area (Å²) in [5.74, 6) is -3.46. The molecule has 0 saturated carbocycles. The Morgan fingerprint density at radius 2 is 1.12 bits per heavy atom. The number of hydrogen-bond donors (Lipinski definition) is 10. The first kappa shape index (κ1) is 45.4. The Labute approximate surface area is 327 Å². The highest BCUT2D eigenvalue weighted by Crippen LogP contribution is 2.40. The van der Waals surface area contributed by atoms with Crippen LogP contribution < -0.4 is 21.7 Å². The summed E-state index contributed by atoms with van der Waals surface area (Å²) in [6, 6.07) is -3.83. The zero-order chi connectivity index (χ0) is 41.9. The minimum absolute atomic E-state index is 0.261. The van der Waals surface area contributed by atoms with Crippen molar-refractivity contribution in [3.8, 4) is 0 Å². The van der Waals surface area contributed by atoms with Gasteiger partial charge in [0.15, 0.2) is 37.6 Å². The van der Waals surface area contributed by atoms with Gasteiger partial charge in [0.25, 0.3) is 0 Å². The molecule has 11 N–H and O–H groups in total. The number of carbonyl (C=O) groups excluding carboxylic acids is 3. The van der Waals surface area contributed by atoms with E-state index in [0.29, 0.717) is 13.0 Å². The summed E-state index contributed by atoms with van der Waals surface area (Å²) in [7, 11) is 0. The highest BCUT2D eigenvalue weighted by Gasteiger charge is 2.61. The zero-order valence-corrected chi connectivity index (χ0v) is 32.2. The zero-order valence-electron chi connectivity index (χ0n) is 32.2. The number of rotatable bonds is 16. The molecule has 0 aromatic carbocycles. The van der Waals surface area contributed by atoms with Gasteiger partial charge in [0.2, 0.25) is 17.7 Å². The number of unbranched alkanes of at least 4 members (excludes halogenated alkanes) is 2.